The molecule has 35 heavy (non-hydrogen) atoms. The van der Waals surface area contributed by atoms with Crippen molar-refractivity contribution in [1.82, 2.24) is 15.1 Å². The molecule has 0 bridgehead atoms. The largest absolute Gasteiger partial charge is 0.483 e. The highest BCUT2D eigenvalue weighted by Gasteiger charge is 2.32. The summed E-state index contributed by atoms with van der Waals surface area (Å²) >= 11 is 0. The molecule has 0 radical (unpaired) electrons. The number of nitrogens with zero attached hydrogens (tertiary/aromatic N) is 2. The van der Waals surface area contributed by atoms with E-state index in [2.05, 4.69) is 10.2 Å². The van der Waals surface area contributed by atoms with Gasteiger partial charge in [0.15, 0.2) is 29.6 Å². The van der Waals surface area contributed by atoms with Crippen molar-refractivity contribution in [1.29, 1.82) is 0 Å². The standard InChI is InChI=1S/C26H31N3O6/c1-26(2)15-19-4-3-5-21(24(19)35-26)32-16-23(30)29-12-10-28(11-13-29)9-8-27-25(31)18-6-7-20-22(14-18)34-17-33-20/h3-7,14H,8-13,15-17H2,1-2H3,(H,27,31). The van der Waals surface area contributed by atoms with Crippen molar-refractivity contribution in [3.63, 3.8) is 0 Å². The number of amides is 2. The highest BCUT2D eigenvalue weighted by Crippen LogP contribution is 2.41. The molecule has 2 aromatic rings. The van der Waals surface area contributed by atoms with E-state index >= 15 is 0 Å². The first kappa shape index (κ1) is 23.3. The SMILES string of the molecule is CC1(C)Cc2cccc(OCC(=O)N3CCN(CCNC(=O)c4ccc5c(c4)OCO5)CC3)c2O1. The van der Waals surface area contributed by atoms with Crippen LogP contribution in [0.15, 0.2) is 36.4 Å². The second-order valence-corrected chi connectivity index (χ2v) is 9.62. The molecule has 0 spiro atoms. The molecule has 186 valence electrons. The number of benzene rings is 2. The summed E-state index contributed by atoms with van der Waals surface area (Å²) in [5, 5.41) is 2.95. The lowest BCUT2D eigenvalue weighted by molar-refractivity contribution is -0.135. The zero-order valence-corrected chi connectivity index (χ0v) is 20.2. The van der Waals surface area contributed by atoms with Gasteiger partial charge >= 0.3 is 0 Å². The number of piperazine rings is 1. The number of hydrogen-bond acceptors (Lipinski definition) is 7. The minimum absolute atomic E-state index is 0.00810. The summed E-state index contributed by atoms with van der Waals surface area (Å²) in [6.07, 6.45) is 0.826. The van der Waals surface area contributed by atoms with Crippen LogP contribution in [0.2, 0.25) is 0 Å². The van der Waals surface area contributed by atoms with Crippen LogP contribution in [0.4, 0.5) is 0 Å². The van der Waals surface area contributed by atoms with Crippen LogP contribution in [0, 0.1) is 0 Å². The molecule has 0 aliphatic carbocycles. The Hall–Kier alpha value is -3.46. The number of para-hydroxylation sites is 1. The Morgan fingerprint density at radius 2 is 1.86 bits per heavy atom. The summed E-state index contributed by atoms with van der Waals surface area (Å²) < 4.78 is 22.5. The van der Waals surface area contributed by atoms with Crippen molar-refractivity contribution in [3.8, 4) is 23.0 Å². The molecule has 1 saturated heterocycles. The number of carbonyl (C=O) groups excluding carboxylic acids is 2. The van der Waals surface area contributed by atoms with Crippen LogP contribution in [-0.4, -0.2) is 79.9 Å². The van der Waals surface area contributed by atoms with E-state index in [0.29, 0.717) is 42.4 Å². The molecule has 9 nitrogen and oxygen atoms in total. The Balaban J connectivity index is 1.03. The highest BCUT2D eigenvalue weighted by molar-refractivity contribution is 5.94. The Morgan fingerprint density at radius 1 is 1.06 bits per heavy atom. The van der Waals surface area contributed by atoms with Gasteiger partial charge in [0, 0.05) is 56.8 Å². The van der Waals surface area contributed by atoms with Gasteiger partial charge in [0.05, 0.1) is 0 Å². The molecule has 2 amide bonds. The monoisotopic (exact) mass is 481 g/mol. The molecule has 3 heterocycles. The Morgan fingerprint density at radius 3 is 2.69 bits per heavy atom. The number of hydrogen-bond donors (Lipinski definition) is 1. The van der Waals surface area contributed by atoms with Crippen LogP contribution >= 0.6 is 0 Å². The number of fused-ring (bicyclic) bond motifs is 2. The minimum atomic E-state index is -0.258. The first-order valence-electron chi connectivity index (χ1n) is 12.0. The van der Waals surface area contributed by atoms with Crippen molar-refractivity contribution >= 4 is 11.8 Å². The van der Waals surface area contributed by atoms with Gasteiger partial charge in [-0.05, 0) is 38.1 Å². The average Bonchev–Trinajstić information content (AvgIpc) is 3.45. The molecule has 3 aliphatic heterocycles. The second kappa shape index (κ2) is 9.65. The predicted molar refractivity (Wildman–Crippen MR) is 128 cm³/mol. The van der Waals surface area contributed by atoms with Gasteiger partial charge in [-0.25, -0.2) is 0 Å². The number of ether oxygens (including phenoxy) is 4. The van der Waals surface area contributed by atoms with Crippen molar-refractivity contribution in [3.05, 3.63) is 47.5 Å². The van der Waals surface area contributed by atoms with Crippen molar-refractivity contribution in [2.24, 2.45) is 0 Å². The molecule has 0 aromatic heterocycles. The van der Waals surface area contributed by atoms with Gasteiger partial charge in [0.1, 0.15) is 5.60 Å². The minimum Gasteiger partial charge on any atom is -0.483 e. The van der Waals surface area contributed by atoms with Crippen molar-refractivity contribution in [2.45, 2.75) is 25.9 Å². The molecule has 9 heteroatoms. The molecule has 5 rings (SSSR count). The first-order valence-corrected chi connectivity index (χ1v) is 12.0. The van der Waals surface area contributed by atoms with E-state index in [-0.39, 0.29) is 30.8 Å². The molecule has 1 N–H and O–H groups in total. The first-order chi connectivity index (χ1) is 16.9. The third kappa shape index (κ3) is 5.30. The summed E-state index contributed by atoms with van der Waals surface area (Å²) in [6, 6.07) is 11.0. The van der Waals surface area contributed by atoms with E-state index in [9.17, 15) is 9.59 Å². The summed E-state index contributed by atoms with van der Waals surface area (Å²) in [7, 11) is 0. The molecule has 0 atom stereocenters. The topological polar surface area (TPSA) is 89.6 Å². The van der Waals surface area contributed by atoms with Crippen LogP contribution in [0.5, 0.6) is 23.0 Å². The van der Waals surface area contributed by atoms with Crippen LogP contribution in [0.1, 0.15) is 29.8 Å². The number of nitrogens with one attached hydrogen (secondary N) is 1. The Bertz CT molecular complexity index is 1110. The van der Waals surface area contributed by atoms with E-state index in [4.69, 9.17) is 18.9 Å². The molecule has 2 aromatic carbocycles. The van der Waals surface area contributed by atoms with Crippen LogP contribution in [0.3, 0.4) is 0 Å². The lowest BCUT2D eigenvalue weighted by Gasteiger charge is -2.34. The fourth-order valence-corrected chi connectivity index (χ4v) is 4.62. The summed E-state index contributed by atoms with van der Waals surface area (Å²) in [5.41, 5.74) is 1.40. The van der Waals surface area contributed by atoms with Gasteiger partial charge < -0.3 is 29.2 Å². The van der Waals surface area contributed by atoms with E-state index < -0.39 is 0 Å². The van der Waals surface area contributed by atoms with E-state index in [0.717, 1.165) is 37.4 Å². The van der Waals surface area contributed by atoms with Gasteiger partial charge in [-0.3, -0.25) is 14.5 Å². The predicted octanol–water partition coefficient (Wildman–Crippen LogP) is 2.08. The third-order valence-electron chi connectivity index (χ3n) is 6.48. The smallest absolute Gasteiger partial charge is 0.260 e. The van der Waals surface area contributed by atoms with Gasteiger partial charge in [-0.1, -0.05) is 12.1 Å². The van der Waals surface area contributed by atoms with E-state index in [1.165, 1.54) is 0 Å². The molecular weight excluding hydrogens is 450 g/mol. The second-order valence-electron chi connectivity index (χ2n) is 9.62. The summed E-state index contributed by atoms with van der Waals surface area (Å²) in [5.74, 6) is 2.44. The number of rotatable bonds is 7. The van der Waals surface area contributed by atoms with Gasteiger partial charge in [-0.15, -0.1) is 0 Å². The normalized spacial score (nSPS) is 18.1. The number of carbonyl (C=O) groups is 2. The maximum absolute atomic E-state index is 12.7. The van der Waals surface area contributed by atoms with Gasteiger partial charge in [-0.2, -0.15) is 0 Å². The van der Waals surface area contributed by atoms with Crippen molar-refractivity contribution < 1.29 is 28.5 Å². The van der Waals surface area contributed by atoms with E-state index in [1.807, 2.05) is 36.9 Å². The fraction of sp³-hybridized carbons (Fsp3) is 0.462. The molecule has 3 aliphatic rings. The summed E-state index contributed by atoms with van der Waals surface area (Å²) in [4.78, 5) is 29.2. The lowest BCUT2D eigenvalue weighted by Crippen LogP contribution is -2.51. The van der Waals surface area contributed by atoms with Crippen molar-refractivity contribution in [2.75, 3.05) is 52.7 Å². The Kier molecular flexibility index (Phi) is 6.42. The molecule has 0 saturated carbocycles. The van der Waals surface area contributed by atoms with Crippen LogP contribution in [-0.2, 0) is 11.2 Å². The maximum Gasteiger partial charge on any atom is 0.260 e. The van der Waals surface area contributed by atoms with E-state index in [1.54, 1.807) is 18.2 Å². The zero-order valence-electron chi connectivity index (χ0n) is 20.2. The maximum atomic E-state index is 12.7. The van der Waals surface area contributed by atoms with Gasteiger partial charge in [0.2, 0.25) is 6.79 Å². The molecule has 0 unspecified atom stereocenters. The quantitative estimate of drug-likeness (QED) is 0.648. The Labute approximate surface area is 204 Å². The molecule has 1 fully saturated rings. The zero-order chi connectivity index (χ0) is 24.4. The fourth-order valence-electron chi connectivity index (χ4n) is 4.62. The lowest BCUT2D eigenvalue weighted by atomic mass is 10.0. The molecular formula is C26H31N3O6. The van der Waals surface area contributed by atoms with Crippen LogP contribution < -0.4 is 24.3 Å². The highest BCUT2D eigenvalue weighted by atomic mass is 16.7. The van der Waals surface area contributed by atoms with Crippen LogP contribution in [0.25, 0.3) is 0 Å². The average molecular weight is 482 g/mol. The van der Waals surface area contributed by atoms with Gasteiger partial charge in [0.25, 0.3) is 11.8 Å². The summed E-state index contributed by atoms with van der Waals surface area (Å²) in [6.45, 7) is 8.29. The third-order valence-corrected chi connectivity index (χ3v) is 6.48.